The van der Waals surface area contributed by atoms with Gasteiger partial charge >= 0.3 is 0 Å². The molecule has 3 rings (SSSR count). The third-order valence-electron chi connectivity index (χ3n) is 4.16. The number of aryl methyl sites for hydroxylation is 1. The van der Waals surface area contributed by atoms with Gasteiger partial charge in [0.25, 0.3) is 5.91 Å². The first-order valence-electron chi connectivity index (χ1n) is 10.7. The average molecular weight is 424 g/mol. The normalized spacial score (nSPS) is 12.5. The number of methoxy groups -OCH3 is 1. The number of nitrogens with one attached hydrogen (secondary N) is 3. The predicted octanol–water partition coefficient (Wildman–Crippen LogP) is 2.50. The van der Waals surface area contributed by atoms with E-state index in [4.69, 9.17) is 8.85 Å². The van der Waals surface area contributed by atoms with Gasteiger partial charge in [-0.3, -0.25) is 14.3 Å². The summed E-state index contributed by atoms with van der Waals surface area (Å²) in [5.41, 5.74) is 1.19. The number of para-hydroxylation sites is 1. The molecule has 0 aliphatic heterocycles. The minimum atomic E-state index is -2.70. The molecule has 0 radical (unpaired) electrons. The van der Waals surface area contributed by atoms with E-state index in [-0.39, 0.29) is 17.1 Å². The van der Waals surface area contributed by atoms with E-state index in [1.165, 1.54) is 25.4 Å². The summed E-state index contributed by atoms with van der Waals surface area (Å²) in [5, 5.41) is 11.9. The van der Waals surface area contributed by atoms with Gasteiger partial charge in [0.1, 0.15) is 12.1 Å². The van der Waals surface area contributed by atoms with Gasteiger partial charge in [0.15, 0.2) is 11.6 Å². The number of carbonyl (C=O) groups excluding carboxylic acids is 2. The maximum Gasteiger partial charge on any atom is 0.254 e. The first-order chi connectivity index (χ1) is 16.1. The van der Waals surface area contributed by atoms with Gasteiger partial charge in [-0.05, 0) is 25.1 Å². The molecule has 0 spiro atoms. The van der Waals surface area contributed by atoms with Crippen LogP contribution in [0.4, 0.5) is 17.2 Å². The Kier molecular flexibility index (Phi) is 5.42. The van der Waals surface area contributed by atoms with Crippen molar-refractivity contribution >= 4 is 29.0 Å². The number of nitrogens with zero attached hydrogens (tertiary/aromatic N) is 4. The van der Waals surface area contributed by atoms with Crippen LogP contribution < -0.4 is 20.7 Å². The second-order valence-electron chi connectivity index (χ2n) is 6.31. The lowest BCUT2D eigenvalue weighted by Gasteiger charge is -2.16. The molecule has 0 bridgehead atoms. The Morgan fingerprint density at radius 2 is 2.10 bits per heavy atom. The van der Waals surface area contributed by atoms with E-state index >= 15 is 0 Å². The first-order valence-corrected chi connectivity index (χ1v) is 9.17. The first kappa shape index (κ1) is 17.6. The van der Waals surface area contributed by atoms with Crippen molar-refractivity contribution < 1.29 is 18.4 Å². The van der Waals surface area contributed by atoms with Crippen LogP contribution in [0.1, 0.15) is 21.4 Å². The molecule has 1 aromatic carbocycles. The third-order valence-corrected chi connectivity index (χ3v) is 4.16. The van der Waals surface area contributed by atoms with Crippen LogP contribution in [0.15, 0.2) is 48.9 Å². The molecule has 0 fully saturated rings. The lowest BCUT2D eigenvalue weighted by Crippen LogP contribution is -2.20. The minimum absolute atomic E-state index is 0.0522. The second kappa shape index (κ2) is 9.53. The Labute approximate surface area is 183 Å². The predicted molar refractivity (Wildman–Crippen MR) is 117 cm³/mol. The average Bonchev–Trinajstić information content (AvgIpc) is 3.18. The molecule has 3 aromatic rings. The molecule has 2 heterocycles. The highest BCUT2D eigenvalue weighted by atomic mass is 16.5. The molecule has 0 aliphatic rings. The van der Waals surface area contributed by atoms with Crippen LogP contribution in [-0.2, 0) is 11.8 Å². The molecule has 10 heteroatoms. The van der Waals surface area contributed by atoms with Gasteiger partial charge in [-0.15, -0.1) is 0 Å². The number of carbonyl (C=O) groups is 2. The van der Waals surface area contributed by atoms with Crippen LogP contribution in [0, 0.1) is 0 Å². The van der Waals surface area contributed by atoms with Gasteiger partial charge in [0.2, 0.25) is 5.91 Å². The molecule has 0 saturated carbocycles. The molecule has 3 N–H and O–H groups in total. The van der Waals surface area contributed by atoms with E-state index < -0.39 is 18.8 Å². The monoisotopic (exact) mass is 424 g/mol. The standard InChI is InChI=1S/C21H23N7O3/c1-5-7-18(29)26-17-10-16(14(11-23-17)21(30)22-2)25-15-9-6-8-13(19(15)31-4)20-24-12-28(3)27-20/h5-12H,1-4H3,(H,22,30)(H2,23,25,26,29)/i2D3. The summed E-state index contributed by atoms with van der Waals surface area (Å²) in [7, 11) is 3.21. The fraction of sp³-hybridized carbons (Fsp3) is 0.190. The summed E-state index contributed by atoms with van der Waals surface area (Å²) in [6.07, 6.45) is 5.60. The molecule has 2 aromatic heterocycles. The largest absolute Gasteiger partial charge is 0.494 e. The highest BCUT2D eigenvalue weighted by Gasteiger charge is 2.18. The maximum atomic E-state index is 12.6. The Morgan fingerprint density at radius 3 is 2.77 bits per heavy atom. The van der Waals surface area contributed by atoms with Crippen LogP contribution in [0.25, 0.3) is 11.4 Å². The number of anilines is 3. The lowest BCUT2D eigenvalue weighted by molar-refractivity contribution is -0.111. The highest BCUT2D eigenvalue weighted by Crippen LogP contribution is 2.37. The van der Waals surface area contributed by atoms with E-state index in [2.05, 4.69) is 25.7 Å². The molecule has 31 heavy (non-hydrogen) atoms. The van der Waals surface area contributed by atoms with Crippen molar-refractivity contribution in [2.75, 3.05) is 24.7 Å². The Balaban J connectivity index is 2.06. The maximum absolute atomic E-state index is 12.6. The molecule has 0 saturated heterocycles. The van der Waals surface area contributed by atoms with Crippen LogP contribution in [0.2, 0.25) is 0 Å². The van der Waals surface area contributed by atoms with E-state index in [1.807, 2.05) is 5.32 Å². The van der Waals surface area contributed by atoms with Gasteiger partial charge in [0, 0.05) is 30.4 Å². The van der Waals surface area contributed by atoms with Crippen molar-refractivity contribution in [3.8, 4) is 17.1 Å². The quantitative estimate of drug-likeness (QED) is 0.498. The third kappa shape index (κ3) is 4.86. The summed E-state index contributed by atoms with van der Waals surface area (Å²) in [6, 6.07) is 6.64. The Bertz CT molecular complexity index is 1240. The van der Waals surface area contributed by atoms with Crippen LogP contribution in [0.5, 0.6) is 5.75 Å². The fourth-order valence-electron chi connectivity index (χ4n) is 2.83. The zero-order chi connectivity index (χ0) is 24.9. The van der Waals surface area contributed by atoms with Crippen molar-refractivity contribution in [1.29, 1.82) is 0 Å². The second-order valence-corrected chi connectivity index (χ2v) is 6.31. The smallest absolute Gasteiger partial charge is 0.254 e. The van der Waals surface area contributed by atoms with Crippen molar-refractivity contribution in [1.82, 2.24) is 25.1 Å². The lowest BCUT2D eigenvalue weighted by atomic mass is 10.1. The SMILES string of the molecule is [2H]C([2H])([2H])NC(=O)c1cnc(NC(=O)C=CC)cc1Nc1cccc(-c2ncn(C)n2)c1OC. The van der Waals surface area contributed by atoms with E-state index in [1.54, 1.807) is 49.3 Å². The number of ether oxygens (including phenoxy) is 1. The number of amides is 2. The zero-order valence-electron chi connectivity index (χ0n) is 20.1. The Hall–Kier alpha value is -4.21. The van der Waals surface area contributed by atoms with E-state index in [0.717, 1.165) is 0 Å². The topological polar surface area (TPSA) is 123 Å². The zero-order valence-corrected chi connectivity index (χ0v) is 17.1. The van der Waals surface area contributed by atoms with Crippen molar-refractivity contribution in [3.63, 3.8) is 0 Å². The van der Waals surface area contributed by atoms with Crippen LogP contribution in [0.3, 0.4) is 0 Å². The van der Waals surface area contributed by atoms with Gasteiger partial charge in [0.05, 0.1) is 29.6 Å². The molecular formula is C21H23N7O3. The number of benzene rings is 1. The highest BCUT2D eigenvalue weighted by molar-refractivity contribution is 6.02. The summed E-state index contributed by atoms with van der Waals surface area (Å²) in [5.74, 6) is -0.313. The molecule has 10 nitrogen and oxygen atoms in total. The molecule has 2 amide bonds. The number of hydrogen-bond acceptors (Lipinski definition) is 7. The number of hydrogen-bond donors (Lipinski definition) is 3. The van der Waals surface area contributed by atoms with Crippen LogP contribution in [-0.4, -0.2) is 45.6 Å². The van der Waals surface area contributed by atoms with Crippen LogP contribution >= 0.6 is 0 Å². The van der Waals surface area contributed by atoms with Gasteiger partial charge < -0.3 is 20.7 Å². The molecular weight excluding hydrogens is 398 g/mol. The van der Waals surface area contributed by atoms with Crippen molar-refractivity contribution in [2.45, 2.75) is 6.92 Å². The van der Waals surface area contributed by atoms with Gasteiger partial charge in [-0.1, -0.05) is 12.1 Å². The van der Waals surface area contributed by atoms with Crippen molar-refractivity contribution in [3.05, 3.63) is 54.5 Å². The molecule has 160 valence electrons. The van der Waals surface area contributed by atoms with E-state index in [0.29, 0.717) is 22.8 Å². The summed E-state index contributed by atoms with van der Waals surface area (Å²) >= 11 is 0. The summed E-state index contributed by atoms with van der Waals surface area (Å²) in [4.78, 5) is 32.9. The number of aromatic nitrogens is 4. The van der Waals surface area contributed by atoms with E-state index in [9.17, 15) is 9.59 Å². The number of rotatable bonds is 7. The van der Waals surface area contributed by atoms with Crippen molar-refractivity contribution in [2.24, 2.45) is 7.05 Å². The van der Waals surface area contributed by atoms with Gasteiger partial charge in [-0.2, -0.15) is 5.10 Å². The summed E-state index contributed by atoms with van der Waals surface area (Å²) in [6.45, 7) is -1.01. The van der Waals surface area contributed by atoms with Gasteiger partial charge in [-0.25, -0.2) is 9.97 Å². The molecule has 0 unspecified atom stereocenters. The minimum Gasteiger partial charge on any atom is -0.494 e. The molecule has 0 atom stereocenters. The Morgan fingerprint density at radius 1 is 1.26 bits per heavy atom. The fourth-order valence-corrected chi connectivity index (χ4v) is 2.83. The molecule has 0 aliphatic carbocycles. The number of allylic oxidation sites excluding steroid dienone is 1. The number of pyridine rings is 1. The summed E-state index contributed by atoms with van der Waals surface area (Å²) < 4.78 is 29.1.